The molecule has 1 aromatic heterocycles. The minimum Gasteiger partial charge on any atom is -0.348 e. The molecular weight excluding hydrogens is 431 g/mol. The number of alkyl halides is 3. The normalized spacial score (nSPS) is 17.8. The summed E-state index contributed by atoms with van der Waals surface area (Å²) in [6, 6.07) is 8.82. The summed E-state index contributed by atoms with van der Waals surface area (Å²) in [5.74, 6) is -0.229. The van der Waals surface area contributed by atoms with Crippen LogP contribution in [0.4, 0.5) is 13.2 Å². The van der Waals surface area contributed by atoms with Crippen molar-refractivity contribution in [3.8, 4) is 0 Å². The van der Waals surface area contributed by atoms with Crippen molar-refractivity contribution in [3.05, 3.63) is 65.5 Å². The van der Waals surface area contributed by atoms with Crippen molar-refractivity contribution in [1.82, 2.24) is 14.6 Å². The quantitative estimate of drug-likeness (QED) is 0.755. The summed E-state index contributed by atoms with van der Waals surface area (Å²) >= 11 is 0. The van der Waals surface area contributed by atoms with Crippen LogP contribution in [0.5, 0.6) is 0 Å². The highest BCUT2D eigenvalue weighted by atomic mass is 32.2. The molecular formula is C21H20F3N3O3S. The van der Waals surface area contributed by atoms with Gasteiger partial charge < -0.3 is 5.32 Å². The molecule has 1 aromatic carbocycles. The molecule has 1 aliphatic carbocycles. The van der Waals surface area contributed by atoms with Crippen LogP contribution < -0.4 is 5.32 Å². The van der Waals surface area contributed by atoms with Gasteiger partial charge in [0.25, 0.3) is 5.91 Å². The summed E-state index contributed by atoms with van der Waals surface area (Å²) in [6.07, 6.45) is -0.488. The molecule has 1 N–H and O–H groups in total. The Labute approximate surface area is 177 Å². The van der Waals surface area contributed by atoms with Crippen LogP contribution in [0.1, 0.15) is 41.0 Å². The molecule has 4 rings (SSSR count). The average Bonchev–Trinajstić information content (AvgIpc) is 3.57. The second-order valence-electron chi connectivity index (χ2n) is 7.52. The number of halogens is 3. The molecule has 1 fully saturated rings. The fourth-order valence-electron chi connectivity index (χ4n) is 3.29. The third-order valence-electron chi connectivity index (χ3n) is 5.21. The molecule has 31 heavy (non-hydrogen) atoms. The van der Waals surface area contributed by atoms with E-state index in [0.717, 1.165) is 42.7 Å². The predicted molar refractivity (Wildman–Crippen MR) is 108 cm³/mol. The van der Waals surface area contributed by atoms with E-state index in [-0.39, 0.29) is 29.9 Å². The lowest BCUT2D eigenvalue weighted by Gasteiger charge is -2.26. The van der Waals surface area contributed by atoms with Gasteiger partial charge in [0.2, 0.25) is 10.0 Å². The van der Waals surface area contributed by atoms with Gasteiger partial charge in [0, 0.05) is 19.1 Å². The van der Waals surface area contributed by atoms with E-state index in [1.807, 2.05) is 0 Å². The molecule has 1 amide bonds. The molecule has 6 nitrogen and oxygen atoms in total. The Hall–Kier alpha value is -2.72. The number of carbonyl (C=O) groups is 1. The van der Waals surface area contributed by atoms with Gasteiger partial charge in [0.1, 0.15) is 5.69 Å². The topological polar surface area (TPSA) is 79.4 Å². The highest BCUT2D eigenvalue weighted by Crippen LogP contribution is 2.31. The van der Waals surface area contributed by atoms with Crippen molar-refractivity contribution in [1.29, 1.82) is 0 Å². The Morgan fingerprint density at radius 1 is 1.10 bits per heavy atom. The molecule has 0 unspecified atom stereocenters. The van der Waals surface area contributed by atoms with E-state index in [0.29, 0.717) is 17.8 Å². The van der Waals surface area contributed by atoms with Gasteiger partial charge in [0.15, 0.2) is 0 Å². The van der Waals surface area contributed by atoms with Gasteiger partial charge in [-0.05, 0) is 61.2 Å². The van der Waals surface area contributed by atoms with Crippen LogP contribution >= 0.6 is 0 Å². The van der Waals surface area contributed by atoms with Crippen molar-refractivity contribution >= 4 is 21.5 Å². The number of pyridine rings is 1. The number of nitrogens with zero attached hydrogens (tertiary/aromatic N) is 2. The van der Waals surface area contributed by atoms with Crippen LogP contribution in [0.2, 0.25) is 0 Å². The Morgan fingerprint density at radius 3 is 2.39 bits per heavy atom. The highest BCUT2D eigenvalue weighted by Gasteiger charge is 2.32. The third kappa shape index (κ3) is 4.80. The summed E-state index contributed by atoms with van der Waals surface area (Å²) in [6.45, 7) is 0.230. The molecule has 0 radical (unpaired) electrons. The number of hydrogen-bond donors (Lipinski definition) is 1. The summed E-state index contributed by atoms with van der Waals surface area (Å²) in [4.78, 5) is 16.4. The molecule has 2 aromatic rings. The lowest BCUT2D eigenvalue weighted by molar-refractivity contribution is -0.137. The number of carbonyl (C=O) groups excluding carboxylic acids is 1. The van der Waals surface area contributed by atoms with Crippen LogP contribution in [0.25, 0.3) is 5.57 Å². The van der Waals surface area contributed by atoms with Crippen LogP contribution in [-0.4, -0.2) is 42.7 Å². The van der Waals surface area contributed by atoms with E-state index in [1.165, 1.54) is 4.31 Å². The van der Waals surface area contributed by atoms with E-state index >= 15 is 0 Å². The summed E-state index contributed by atoms with van der Waals surface area (Å²) in [7, 11) is -3.92. The van der Waals surface area contributed by atoms with Crippen LogP contribution in [0.15, 0.2) is 53.4 Å². The zero-order valence-corrected chi connectivity index (χ0v) is 17.2. The molecule has 2 heterocycles. The first kappa shape index (κ1) is 21.5. The maximum absolute atomic E-state index is 12.8. The largest absolute Gasteiger partial charge is 0.416 e. The van der Waals surface area contributed by atoms with E-state index in [9.17, 15) is 26.4 Å². The molecule has 0 saturated heterocycles. The number of amides is 1. The van der Waals surface area contributed by atoms with E-state index in [2.05, 4.69) is 10.3 Å². The van der Waals surface area contributed by atoms with Gasteiger partial charge in [-0.2, -0.15) is 17.5 Å². The Kier molecular flexibility index (Phi) is 5.61. The molecule has 0 bridgehead atoms. The third-order valence-corrected chi connectivity index (χ3v) is 7.09. The standard InChI is InChI=1S/C21H20F3N3O3S/c22-21(23,24)15-4-8-17(9-5-15)31(29,30)27-12-10-14(11-13-27)18-2-1-3-19(26-18)20(28)25-16-6-7-16/h1-5,8-10,16H,6-7,11-13H2,(H,25,28). The van der Waals surface area contributed by atoms with Crippen molar-refractivity contribution in [2.75, 3.05) is 13.1 Å². The lowest BCUT2D eigenvalue weighted by atomic mass is 10.1. The molecule has 0 spiro atoms. The molecule has 164 valence electrons. The summed E-state index contributed by atoms with van der Waals surface area (Å²) in [5.41, 5.74) is 0.837. The van der Waals surface area contributed by atoms with Gasteiger partial charge in [-0.3, -0.25) is 4.79 Å². The second-order valence-corrected chi connectivity index (χ2v) is 9.46. The van der Waals surface area contributed by atoms with E-state index < -0.39 is 21.8 Å². The number of rotatable bonds is 5. The zero-order valence-electron chi connectivity index (χ0n) is 16.4. The number of sulfonamides is 1. The molecule has 1 saturated carbocycles. The van der Waals surface area contributed by atoms with Crippen molar-refractivity contribution in [2.24, 2.45) is 0 Å². The SMILES string of the molecule is O=C(NC1CC1)c1cccc(C2=CCN(S(=O)(=O)c3ccc(C(F)(F)F)cc3)CC2)n1. The van der Waals surface area contributed by atoms with Gasteiger partial charge in [0.05, 0.1) is 16.2 Å². The van der Waals surface area contributed by atoms with Crippen LogP contribution in [-0.2, 0) is 16.2 Å². The maximum Gasteiger partial charge on any atom is 0.416 e. The van der Waals surface area contributed by atoms with Crippen LogP contribution in [0, 0.1) is 0 Å². The van der Waals surface area contributed by atoms with Gasteiger partial charge in [-0.1, -0.05) is 12.1 Å². The van der Waals surface area contributed by atoms with Crippen molar-refractivity contribution < 1.29 is 26.4 Å². The molecule has 10 heteroatoms. The maximum atomic E-state index is 12.8. The molecule has 0 atom stereocenters. The van der Waals surface area contributed by atoms with Crippen LogP contribution in [0.3, 0.4) is 0 Å². The lowest BCUT2D eigenvalue weighted by Crippen LogP contribution is -2.34. The number of nitrogens with one attached hydrogen (secondary N) is 1. The minimum absolute atomic E-state index is 0.0683. The van der Waals surface area contributed by atoms with Gasteiger partial charge in [-0.25, -0.2) is 13.4 Å². The van der Waals surface area contributed by atoms with Gasteiger partial charge >= 0.3 is 6.18 Å². The summed E-state index contributed by atoms with van der Waals surface area (Å²) in [5, 5.41) is 2.88. The number of benzene rings is 1. The Bertz CT molecular complexity index is 1120. The predicted octanol–water partition coefficient (Wildman–Crippen LogP) is 3.47. The average molecular weight is 451 g/mol. The zero-order chi connectivity index (χ0) is 22.2. The molecule has 1 aliphatic heterocycles. The first-order valence-electron chi connectivity index (χ1n) is 9.79. The van der Waals surface area contributed by atoms with Crippen molar-refractivity contribution in [2.45, 2.75) is 36.4 Å². The number of hydrogen-bond acceptors (Lipinski definition) is 4. The monoisotopic (exact) mass is 451 g/mol. The van der Waals surface area contributed by atoms with E-state index in [1.54, 1.807) is 24.3 Å². The highest BCUT2D eigenvalue weighted by molar-refractivity contribution is 7.89. The van der Waals surface area contributed by atoms with Crippen molar-refractivity contribution in [3.63, 3.8) is 0 Å². The fraction of sp³-hybridized carbons (Fsp3) is 0.333. The summed E-state index contributed by atoms with van der Waals surface area (Å²) < 4.78 is 65.0. The fourth-order valence-corrected chi connectivity index (χ4v) is 4.67. The smallest absolute Gasteiger partial charge is 0.348 e. The number of aromatic nitrogens is 1. The minimum atomic E-state index is -4.53. The first-order chi connectivity index (χ1) is 14.6. The second kappa shape index (κ2) is 8.08. The Morgan fingerprint density at radius 2 is 1.81 bits per heavy atom. The molecule has 2 aliphatic rings. The first-order valence-corrected chi connectivity index (χ1v) is 11.2. The van der Waals surface area contributed by atoms with E-state index in [4.69, 9.17) is 0 Å². The Balaban J connectivity index is 1.48. The van der Waals surface area contributed by atoms with Gasteiger partial charge in [-0.15, -0.1) is 0 Å².